The molecule has 12 nitrogen and oxygen atoms in total. The summed E-state index contributed by atoms with van der Waals surface area (Å²) in [5, 5.41) is 26.6. The van der Waals surface area contributed by atoms with Gasteiger partial charge in [-0.3, -0.25) is 9.59 Å². The van der Waals surface area contributed by atoms with Gasteiger partial charge in [0.15, 0.2) is 5.69 Å². The molecule has 1 aromatic heterocycles. The fourth-order valence-corrected chi connectivity index (χ4v) is 3.79. The molecule has 0 unspecified atom stereocenters. The molecule has 4 atom stereocenters. The Balaban J connectivity index is 0.00000684. The first-order valence-corrected chi connectivity index (χ1v) is 12.5. The number of aliphatic hydroxyl groups is 2. The van der Waals surface area contributed by atoms with Gasteiger partial charge in [-0.2, -0.15) is 4.98 Å². The number of methoxy groups -OCH3 is 1. The van der Waals surface area contributed by atoms with Crippen molar-refractivity contribution >= 4 is 27.9 Å². The summed E-state index contributed by atoms with van der Waals surface area (Å²) in [6.45, 7) is 1.33. The minimum Gasteiger partial charge on any atom is -0.431 e. The highest BCUT2D eigenvalue weighted by atomic mass is 32.2. The Morgan fingerprint density at radius 3 is 2.31 bits per heavy atom. The highest BCUT2D eigenvalue weighted by Gasteiger charge is 2.34. The number of nitrogens with zero attached hydrogens (tertiary/aromatic N) is 1. The quantitative estimate of drug-likeness (QED) is 0.242. The summed E-state index contributed by atoms with van der Waals surface area (Å²) in [4.78, 5) is 28.0. The molecule has 36 heavy (non-hydrogen) atoms. The maximum absolute atomic E-state index is 13.7. The molecule has 0 spiro atoms. The molecule has 0 aliphatic heterocycles. The second-order valence-electron chi connectivity index (χ2n) is 8.04. The Hall–Kier alpha value is -3.14. The van der Waals surface area contributed by atoms with E-state index < -0.39 is 63.8 Å². The van der Waals surface area contributed by atoms with Gasteiger partial charge in [-0.25, -0.2) is 21.9 Å². The molecule has 15 heteroatoms. The van der Waals surface area contributed by atoms with Crippen molar-refractivity contribution in [2.75, 3.05) is 24.7 Å². The Bertz CT molecular complexity index is 1150. The largest absolute Gasteiger partial charge is 0.431 e. The van der Waals surface area contributed by atoms with Crippen molar-refractivity contribution in [3.8, 4) is 0 Å². The number of halogens is 2. The molecule has 1 aromatic carbocycles. The monoisotopic (exact) mass is 538 g/mol. The topological polar surface area (TPSA) is 180 Å². The summed E-state index contributed by atoms with van der Waals surface area (Å²) in [6.07, 6.45) is -1.90. The minimum absolute atomic E-state index is 0. The molecule has 0 saturated carbocycles. The molecule has 0 saturated heterocycles. The standard InChI is InChI=1S/C21H28F2N4O8S.2H2/c1-11(28)24-15(4-5-34-2)18(29)19(30)16(8-12-6-13(22)9-14(23)7-12)25-20(31)17-10-35-21(26-17)27-36(3,32)33;;/h6-7,9-10,15-16,18-19,29-30H,4-5,8H2,1-3H3,(H,24,28)(H,25,31)(H,26,27);2*1H/t15-,16+,18-,19-;;/m1../s1. The Morgan fingerprint density at radius 2 is 1.75 bits per heavy atom. The number of carbonyl (C=O) groups excluding carboxylic acids is 2. The Morgan fingerprint density at radius 1 is 1.14 bits per heavy atom. The van der Waals surface area contributed by atoms with Crippen LogP contribution in [0.3, 0.4) is 0 Å². The van der Waals surface area contributed by atoms with Crippen LogP contribution >= 0.6 is 0 Å². The molecule has 2 amide bonds. The van der Waals surface area contributed by atoms with E-state index in [9.17, 15) is 37.0 Å². The summed E-state index contributed by atoms with van der Waals surface area (Å²) in [5.74, 6) is -3.23. The number of aliphatic hydroxyl groups excluding tert-OH is 2. The SMILES string of the molecule is COCC[C@@H](NC(C)=O)[C@@H](O)[C@H](O)[C@H](Cc1cc(F)cc(F)c1)NC(=O)c1coc(NS(C)(=O)=O)n1.[HH].[HH]. The van der Waals surface area contributed by atoms with Crippen LogP contribution < -0.4 is 15.4 Å². The van der Waals surface area contributed by atoms with E-state index in [0.29, 0.717) is 6.07 Å². The zero-order valence-corrected chi connectivity index (χ0v) is 20.5. The van der Waals surface area contributed by atoms with E-state index in [4.69, 9.17) is 9.15 Å². The number of oxazole rings is 1. The zero-order chi connectivity index (χ0) is 27.0. The van der Waals surface area contributed by atoms with Crippen LogP contribution in [-0.4, -0.2) is 79.7 Å². The molecule has 0 aliphatic carbocycles. The van der Waals surface area contributed by atoms with Crippen LogP contribution in [0, 0.1) is 11.6 Å². The number of ether oxygens (including phenoxy) is 1. The van der Waals surface area contributed by atoms with Gasteiger partial charge in [0.1, 0.15) is 30.1 Å². The fourth-order valence-electron chi connectivity index (χ4n) is 3.38. The van der Waals surface area contributed by atoms with Crippen LogP contribution in [0.1, 0.15) is 32.2 Å². The van der Waals surface area contributed by atoms with E-state index in [1.54, 1.807) is 0 Å². The second kappa shape index (κ2) is 12.7. The number of sulfonamides is 1. The van der Waals surface area contributed by atoms with E-state index in [2.05, 4.69) is 15.6 Å². The van der Waals surface area contributed by atoms with E-state index in [0.717, 1.165) is 24.7 Å². The molecule has 0 fully saturated rings. The van der Waals surface area contributed by atoms with Crippen molar-refractivity contribution < 1.29 is 49.0 Å². The molecule has 5 N–H and O–H groups in total. The van der Waals surface area contributed by atoms with Crippen molar-refractivity contribution in [1.82, 2.24) is 15.6 Å². The van der Waals surface area contributed by atoms with Crippen molar-refractivity contribution in [3.05, 3.63) is 47.4 Å². The predicted molar refractivity (Wildman–Crippen MR) is 127 cm³/mol. The van der Waals surface area contributed by atoms with Crippen molar-refractivity contribution in [3.63, 3.8) is 0 Å². The summed E-state index contributed by atoms with van der Waals surface area (Å²) in [6, 6.07) is -0.193. The third kappa shape index (κ3) is 9.14. The average Bonchev–Trinajstić information content (AvgIpc) is 3.21. The lowest BCUT2D eigenvalue weighted by Gasteiger charge is -2.32. The second-order valence-corrected chi connectivity index (χ2v) is 9.79. The first kappa shape index (κ1) is 29.1. The summed E-state index contributed by atoms with van der Waals surface area (Å²) < 4.78 is 61.9. The average molecular weight is 539 g/mol. The van der Waals surface area contributed by atoms with Crippen LogP contribution in [0.15, 0.2) is 28.9 Å². The van der Waals surface area contributed by atoms with Crippen LogP contribution in [-0.2, 0) is 26.0 Å². The third-order valence-corrected chi connectivity index (χ3v) is 5.45. The molecule has 0 radical (unpaired) electrons. The molecular weight excluding hydrogens is 506 g/mol. The van der Waals surface area contributed by atoms with E-state index in [1.807, 2.05) is 4.72 Å². The number of hydrogen-bond donors (Lipinski definition) is 5. The lowest BCUT2D eigenvalue weighted by atomic mass is 9.92. The first-order valence-electron chi connectivity index (χ1n) is 10.6. The van der Waals surface area contributed by atoms with Gasteiger partial charge >= 0.3 is 6.01 Å². The molecule has 2 aromatic rings. The van der Waals surface area contributed by atoms with Gasteiger partial charge in [0.2, 0.25) is 15.9 Å². The summed E-state index contributed by atoms with van der Waals surface area (Å²) in [7, 11) is -2.34. The third-order valence-electron chi connectivity index (χ3n) is 4.90. The van der Waals surface area contributed by atoms with Gasteiger partial charge in [-0.1, -0.05) is 0 Å². The molecular formula is C21H32F2N4O8S. The van der Waals surface area contributed by atoms with E-state index >= 15 is 0 Å². The van der Waals surface area contributed by atoms with Gasteiger partial charge in [-0.05, 0) is 30.5 Å². The number of hydrogen-bond acceptors (Lipinski definition) is 9. The number of anilines is 1. The molecule has 204 valence electrons. The smallest absolute Gasteiger partial charge is 0.309 e. The number of rotatable bonds is 13. The highest BCUT2D eigenvalue weighted by Crippen LogP contribution is 2.17. The molecule has 0 aliphatic rings. The van der Waals surface area contributed by atoms with Crippen LogP contribution in [0.4, 0.5) is 14.8 Å². The number of benzene rings is 1. The number of amides is 2. The lowest BCUT2D eigenvalue weighted by molar-refractivity contribution is -0.121. The lowest BCUT2D eigenvalue weighted by Crippen LogP contribution is -2.56. The van der Waals surface area contributed by atoms with Gasteiger partial charge in [0.25, 0.3) is 5.91 Å². The van der Waals surface area contributed by atoms with Gasteiger partial charge in [0.05, 0.1) is 18.3 Å². The highest BCUT2D eigenvalue weighted by molar-refractivity contribution is 7.91. The summed E-state index contributed by atoms with van der Waals surface area (Å²) in [5.41, 5.74) is -0.326. The predicted octanol–water partition coefficient (Wildman–Crippen LogP) is 0.420. The van der Waals surface area contributed by atoms with Crippen LogP contribution in [0.2, 0.25) is 0 Å². The normalized spacial score (nSPS) is 15.0. The fraction of sp³-hybridized carbons (Fsp3) is 0.476. The number of nitrogens with one attached hydrogen (secondary N) is 3. The summed E-state index contributed by atoms with van der Waals surface area (Å²) >= 11 is 0. The van der Waals surface area contributed by atoms with Gasteiger partial charge in [0, 0.05) is 29.6 Å². The van der Waals surface area contributed by atoms with Crippen molar-refractivity contribution in [2.45, 2.75) is 44.1 Å². The number of aromatic nitrogens is 1. The van der Waals surface area contributed by atoms with Crippen molar-refractivity contribution in [1.29, 1.82) is 0 Å². The van der Waals surface area contributed by atoms with Gasteiger partial charge in [-0.15, -0.1) is 0 Å². The number of carbonyl (C=O) groups is 2. The van der Waals surface area contributed by atoms with E-state index in [1.165, 1.54) is 14.0 Å². The van der Waals surface area contributed by atoms with Crippen LogP contribution in [0.25, 0.3) is 0 Å². The maximum atomic E-state index is 13.7. The molecule has 2 rings (SSSR count). The first-order chi connectivity index (χ1) is 16.8. The zero-order valence-electron chi connectivity index (χ0n) is 19.7. The van der Waals surface area contributed by atoms with Crippen molar-refractivity contribution in [2.24, 2.45) is 0 Å². The Kier molecular flexibility index (Phi) is 10.3. The minimum atomic E-state index is -3.74. The Labute approximate surface area is 209 Å². The molecule has 0 bridgehead atoms. The maximum Gasteiger partial charge on any atom is 0.309 e. The molecule has 1 heterocycles. The van der Waals surface area contributed by atoms with E-state index in [-0.39, 0.29) is 33.6 Å². The van der Waals surface area contributed by atoms with Gasteiger partial charge < -0.3 is 30.0 Å². The van der Waals surface area contributed by atoms with Crippen LogP contribution in [0.5, 0.6) is 0 Å².